The molecule has 0 aromatic heterocycles. The first-order valence-corrected chi connectivity index (χ1v) is 8.79. The van der Waals surface area contributed by atoms with Crippen molar-refractivity contribution in [2.45, 2.75) is 20.3 Å². The maximum Gasteiger partial charge on any atom is 0.219 e. The second-order valence-electron chi connectivity index (χ2n) is 6.53. The fourth-order valence-corrected chi connectivity index (χ4v) is 3.31. The molecular formula is C22H23NO3. The van der Waals surface area contributed by atoms with Crippen LogP contribution in [0.2, 0.25) is 0 Å². The van der Waals surface area contributed by atoms with Gasteiger partial charge in [0.15, 0.2) is 6.29 Å². The van der Waals surface area contributed by atoms with Crippen LogP contribution in [-0.2, 0) is 4.79 Å². The highest BCUT2D eigenvalue weighted by Gasteiger charge is 2.22. The second-order valence-corrected chi connectivity index (χ2v) is 6.53. The van der Waals surface area contributed by atoms with Crippen LogP contribution < -0.4 is 4.74 Å². The first-order chi connectivity index (χ1) is 12.6. The summed E-state index contributed by atoms with van der Waals surface area (Å²) in [5, 5.41) is 0. The Bertz CT molecular complexity index is 840. The molecule has 0 radical (unpaired) electrons. The van der Waals surface area contributed by atoms with Gasteiger partial charge in [-0.15, -0.1) is 0 Å². The molecule has 2 aromatic rings. The van der Waals surface area contributed by atoms with E-state index in [0.717, 1.165) is 29.4 Å². The molecule has 0 saturated carbocycles. The lowest BCUT2D eigenvalue weighted by molar-refractivity contribution is -0.128. The summed E-state index contributed by atoms with van der Waals surface area (Å²) in [6.45, 7) is 5.12. The largest absolute Gasteiger partial charge is 0.488 e. The van der Waals surface area contributed by atoms with E-state index in [1.807, 2.05) is 48.2 Å². The van der Waals surface area contributed by atoms with Crippen LogP contribution in [0.5, 0.6) is 5.75 Å². The number of aldehydes is 1. The lowest BCUT2D eigenvalue weighted by Gasteiger charge is -2.30. The lowest BCUT2D eigenvalue weighted by atomic mass is 9.93. The highest BCUT2D eigenvalue weighted by atomic mass is 16.5. The molecule has 2 aromatic carbocycles. The molecular weight excluding hydrogens is 326 g/mol. The summed E-state index contributed by atoms with van der Waals surface area (Å²) < 4.78 is 6.00. The predicted octanol–water partition coefficient (Wildman–Crippen LogP) is 3.89. The number of nitrogens with zero attached hydrogens (tertiary/aromatic N) is 1. The quantitative estimate of drug-likeness (QED) is 0.769. The van der Waals surface area contributed by atoms with E-state index in [-0.39, 0.29) is 5.91 Å². The van der Waals surface area contributed by atoms with Crippen molar-refractivity contribution in [1.82, 2.24) is 4.90 Å². The zero-order valence-electron chi connectivity index (χ0n) is 15.2. The topological polar surface area (TPSA) is 46.6 Å². The van der Waals surface area contributed by atoms with Crippen molar-refractivity contribution >= 4 is 17.8 Å². The molecule has 1 aliphatic heterocycles. The Morgan fingerprint density at radius 3 is 2.62 bits per heavy atom. The molecule has 1 amide bonds. The van der Waals surface area contributed by atoms with Crippen molar-refractivity contribution in [2.75, 3.05) is 19.7 Å². The van der Waals surface area contributed by atoms with E-state index in [9.17, 15) is 9.59 Å². The molecule has 26 heavy (non-hydrogen) atoms. The minimum Gasteiger partial charge on any atom is -0.488 e. The Balaban J connectivity index is 1.90. The van der Waals surface area contributed by atoms with Crippen molar-refractivity contribution in [1.29, 1.82) is 0 Å². The third-order valence-electron chi connectivity index (χ3n) is 4.81. The Morgan fingerprint density at radius 1 is 1.15 bits per heavy atom. The van der Waals surface area contributed by atoms with Crippen molar-refractivity contribution in [3.8, 4) is 5.75 Å². The molecule has 0 bridgehead atoms. The van der Waals surface area contributed by atoms with Gasteiger partial charge in [0.1, 0.15) is 12.4 Å². The van der Waals surface area contributed by atoms with Gasteiger partial charge in [-0.05, 0) is 41.7 Å². The van der Waals surface area contributed by atoms with Gasteiger partial charge in [0.2, 0.25) is 5.91 Å². The van der Waals surface area contributed by atoms with E-state index in [1.165, 1.54) is 5.57 Å². The Morgan fingerprint density at radius 2 is 1.92 bits per heavy atom. The minimum absolute atomic E-state index is 0.0683. The molecule has 1 heterocycles. The minimum atomic E-state index is 0.0683. The average Bonchev–Trinajstić information content (AvgIpc) is 2.66. The summed E-state index contributed by atoms with van der Waals surface area (Å²) in [6, 6.07) is 15.8. The number of carbonyl (C=O) groups excluding carboxylic acids is 2. The van der Waals surface area contributed by atoms with Gasteiger partial charge in [0, 0.05) is 20.0 Å². The second kappa shape index (κ2) is 8.00. The number of ether oxygens (including phenoxy) is 1. The highest BCUT2D eigenvalue weighted by molar-refractivity contribution is 5.81. The first kappa shape index (κ1) is 17.9. The van der Waals surface area contributed by atoms with Crippen LogP contribution in [0.25, 0.3) is 5.57 Å². The van der Waals surface area contributed by atoms with Crippen LogP contribution in [0.15, 0.2) is 54.1 Å². The monoisotopic (exact) mass is 349 g/mol. The van der Waals surface area contributed by atoms with Crippen LogP contribution in [0.3, 0.4) is 0 Å². The molecule has 0 aliphatic carbocycles. The standard InChI is InChI=1S/C22H23NO3/c1-16-7-6-10-22(21(16)14-24)26-15-19-13-23(17(2)25)12-11-20(19)18-8-4-3-5-9-18/h3-10,14H,11-13,15H2,1-2H3. The number of hydrogen-bond acceptors (Lipinski definition) is 3. The Kier molecular flexibility index (Phi) is 5.52. The molecule has 3 rings (SSSR count). The molecule has 0 unspecified atom stereocenters. The van der Waals surface area contributed by atoms with Crippen molar-refractivity contribution in [3.05, 3.63) is 70.8 Å². The van der Waals surface area contributed by atoms with Gasteiger partial charge >= 0.3 is 0 Å². The zero-order valence-corrected chi connectivity index (χ0v) is 15.2. The fourth-order valence-electron chi connectivity index (χ4n) is 3.31. The highest BCUT2D eigenvalue weighted by Crippen LogP contribution is 2.29. The Labute approximate surface area is 154 Å². The molecule has 0 atom stereocenters. The van der Waals surface area contributed by atoms with Crippen LogP contribution in [0, 0.1) is 6.92 Å². The molecule has 0 N–H and O–H groups in total. The maximum atomic E-state index is 11.8. The predicted molar refractivity (Wildman–Crippen MR) is 102 cm³/mol. The van der Waals surface area contributed by atoms with E-state index in [2.05, 4.69) is 12.1 Å². The normalized spacial score (nSPS) is 14.3. The van der Waals surface area contributed by atoms with Gasteiger partial charge in [-0.25, -0.2) is 0 Å². The third-order valence-corrected chi connectivity index (χ3v) is 4.81. The van der Waals surface area contributed by atoms with E-state index in [0.29, 0.717) is 31.0 Å². The average molecular weight is 349 g/mol. The van der Waals surface area contributed by atoms with Crippen molar-refractivity contribution in [3.63, 3.8) is 0 Å². The fraction of sp³-hybridized carbons (Fsp3) is 0.273. The molecule has 4 nitrogen and oxygen atoms in total. The summed E-state index contributed by atoms with van der Waals surface area (Å²) in [5.41, 5.74) is 4.94. The number of carbonyl (C=O) groups is 2. The summed E-state index contributed by atoms with van der Waals surface area (Å²) in [5.74, 6) is 0.651. The summed E-state index contributed by atoms with van der Waals surface area (Å²) in [6.07, 6.45) is 1.64. The summed E-state index contributed by atoms with van der Waals surface area (Å²) in [4.78, 5) is 25.0. The van der Waals surface area contributed by atoms with Gasteiger partial charge in [-0.2, -0.15) is 0 Å². The molecule has 134 valence electrons. The van der Waals surface area contributed by atoms with Gasteiger partial charge in [-0.1, -0.05) is 42.5 Å². The molecule has 1 aliphatic rings. The smallest absolute Gasteiger partial charge is 0.219 e. The number of rotatable bonds is 5. The molecule has 0 fully saturated rings. The number of hydrogen-bond donors (Lipinski definition) is 0. The lowest BCUT2D eigenvalue weighted by Crippen LogP contribution is -2.36. The van der Waals surface area contributed by atoms with E-state index in [4.69, 9.17) is 4.74 Å². The SMILES string of the molecule is CC(=O)N1CCC(c2ccccc2)=C(COc2cccc(C)c2C=O)C1. The van der Waals surface area contributed by atoms with E-state index in [1.54, 1.807) is 6.92 Å². The van der Waals surface area contributed by atoms with Gasteiger partial charge in [0.05, 0.1) is 5.56 Å². The maximum absolute atomic E-state index is 11.8. The van der Waals surface area contributed by atoms with Crippen LogP contribution >= 0.6 is 0 Å². The first-order valence-electron chi connectivity index (χ1n) is 8.79. The summed E-state index contributed by atoms with van der Waals surface area (Å²) >= 11 is 0. The third kappa shape index (κ3) is 3.85. The van der Waals surface area contributed by atoms with Gasteiger partial charge in [-0.3, -0.25) is 9.59 Å². The van der Waals surface area contributed by atoms with Crippen LogP contribution in [-0.4, -0.2) is 36.8 Å². The van der Waals surface area contributed by atoms with Gasteiger partial charge in [0.25, 0.3) is 0 Å². The molecule has 4 heteroatoms. The zero-order chi connectivity index (χ0) is 18.5. The number of amides is 1. The van der Waals surface area contributed by atoms with Crippen molar-refractivity contribution < 1.29 is 14.3 Å². The molecule has 0 spiro atoms. The van der Waals surface area contributed by atoms with E-state index >= 15 is 0 Å². The number of aryl methyl sites for hydroxylation is 1. The number of benzene rings is 2. The van der Waals surface area contributed by atoms with Crippen LogP contribution in [0.4, 0.5) is 0 Å². The molecule has 0 saturated heterocycles. The van der Waals surface area contributed by atoms with Crippen molar-refractivity contribution in [2.24, 2.45) is 0 Å². The summed E-state index contributed by atoms with van der Waals surface area (Å²) in [7, 11) is 0. The van der Waals surface area contributed by atoms with Gasteiger partial charge < -0.3 is 9.64 Å². The van der Waals surface area contributed by atoms with Crippen LogP contribution in [0.1, 0.15) is 34.8 Å². The Hall–Kier alpha value is -2.88. The van der Waals surface area contributed by atoms with E-state index < -0.39 is 0 Å².